The van der Waals surface area contributed by atoms with Gasteiger partial charge in [0.1, 0.15) is 0 Å². The zero-order valence-corrected chi connectivity index (χ0v) is 13.1. The Balaban J connectivity index is 2.04. The molecule has 0 radical (unpaired) electrons. The Morgan fingerprint density at radius 2 is 1.61 bits per heavy atom. The van der Waals surface area contributed by atoms with Gasteiger partial charge in [0, 0.05) is 5.56 Å². The number of rotatable bonds is 5. The van der Waals surface area contributed by atoms with Gasteiger partial charge in [-0.2, -0.15) is 18.2 Å². The number of nitrogens with two attached hydrogens (primary N) is 1. The Morgan fingerprint density at radius 3 is 2.22 bits per heavy atom. The molecular weight excluding hydrogens is 312 g/mol. The highest BCUT2D eigenvalue weighted by molar-refractivity contribution is 7.87. The SMILES string of the molecule is NS(=O)(=O)NCc1cc(-c2ccccc2)n(-c2ccccc2)n1. The molecule has 118 valence electrons. The highest BCUT2D eigenvalue weighted by Crippen LogP contribution is 2.23. The average Bonchev–Trinajstić information content (AvgIpc) is 2.98. The minimum Gasteiger partial charge on any atom is -0.233 e. The van der Waals surface area contributed by atoms with Crippen LogP contribution in [0.15, 0.2) is 66.7 Å². The van der Waals surface area contributed by atoms with Crippen LogP contribution in [-0.2, 0) is 16.8 Å². The van der Waals surface area contributed by atoms with Gasteiger partial charge in [0.25, 0.3) is 10.2 Å². The van der Waals surface area contributed by atoms with Crippen LogP contribution >= 0.6 is 0 Å². The van der Waals surface area contributed by atoms with E-state index in [1.807, 2.05) is 66.7 Å². The highest BCUT2D eigenvalue weighted by Gasteiger charge is 2.12. The molecule has 1 heterocycles. The highest BCUT2D eigenvalue weighted by atomic mass is 32.2. The largest absolute Gasteiger partial charge is 0.274 e. The summed E-state index contributed by atoms with van der Waals surface area (Å²) in [5.41, 5.74) is 3.35. The number of nitrogens with zero attached hydrogens (tertiary/aromatic N) is 2. The van der Waals surface area contributed by atoms with E-state index in [-0.39, 0.29) is 6.54 Å². The van der Waals surface area contributed by atoms with Gasteiger partial charge in [-0.1, -0.05) is 48.5 Å². The number of hydrogen-bond acceptors (Lipinski definition) is 3. The molecule has 23 heavy (non-hydrogen) atoms. The minimum atomic E-state index is -3.75. The van der Waals surface area contributed by atoms with Crippen LogP contribution in [0.5, 0.6) is 0 Å². The lowest BCUT2D eigenvalue weighted by Gasteiger charge is -2.07. The van der Waals surface area contributed by atoms with Crippen LogP contribution in [0.1, 0.15) is 5.69 Å². The quantitative estimate of drug-likeness (QED) is 0.749. The fourth-order valence-electron chi connectivity index (χ4n) is 2.27. The van der Waals surface area contributed by atoms with Gasteiger partial charge in [-0.15, -0.1) is 0 Å². The first kappa shape index (κ1) is 15.4. The smallest absolute Gasteiger partial charge is 0.233 e. The fraction of sp³-hybridized carbons (Fsp3) is 0.0625. The van der Waals surface area contributed by atoms with Crippen molar-refractivity contribution >= 4 is 10.2 Å². The van der Waals surface area contributed by atoms with Gasteiger partial charge in [0.05, 0.1) is 23.6 Å². The van der Waals surface area contributed by atoms with E-state index in [1.54, 1.807) is 4.68 Å². The van der Waals surface area contributed by atoms with Gasteiger partial charge < -0.3 is 0 Å². The van der Waals surface area contributed by atoms with Crippen LogP contribution in [0, 0.1) is 0 Å². The second-order valence-corrected chi connectivity index (χ2v) is 6.38. The van der Waals surface area contributed by atoms with Gasteiger partial charge in [0.15, 0.2) is 0 Å². The molecule has 0 aliphatic rings. The summed E-state index contributed by atoms with van der Waals surface area (Å²) in [5, 5.41) is 9.47. The summed E-state index contributed by atoms with van der Waals surface area (Å²) in [6.07, 6.45) is 0. The first-order valence-electron chi connectivity index (χ1n) is 7.00. The molecule has 0 saturated heterocycles. The molecule has 0 bridgehead atoms. The van der Waals surface area contributed by atoms with E-state index in [4.69, 9.17) is 5.14 Å². The molecule has 0 atom stereocenters. The van der Waals surface area contributed by atoms with Gasteiger partial charge in [0.2, 0.25) is 0 Å². The van der Waals surface area contributed by atoms with E-state index in [0.29, 0.717) is 5.69 Å². The Morgan fingerprint density at radius 1 is 1.00 bits per heavy atom. The predicted octanol–water partition coefficient (Wildman–Crippen LogP) is 1.83. The third-order valence-corrected chi connectivity index (χ3v) is 3.83. The van der Waals surface area contributed by atoms with Crippen LogP contribution in [0.3, 0.4) is 0 Å². The Labute approximate surface area is 134 Å². The lowest BCUT2D eigenvalue weighted by atomic mass is 10.1. The van der Waals surface area contributed by atoms with E-state index in [0.717, 1.165) is 16.9 Å². The number of aromatic nitrogens is 2. The van der Waals surface area contributed by atoms with Crippen LogP contribution in [-0.4, -0.2) is 18.2 Å². The number of nitrogens with one attached hydrogen (secondary N) is 1. The second kappa shape index (κ2) is 6.33. The summed E-state index contributed by atoms with van der Waals surface area (Å²) in [4.78, 5) is 0. The van der Waals surface area contributed by atoms with Gasteiger partial charge in [-0.3, -0.25) is 0 Å². The normalized spacial score (nSPS) is 11.5. The number of para-hydroxylation sites is 1. The zero-order chi connectivity index (χ0) is 16.3. The lowest BCUT2D eigenvalue weighted by Crippen LogP contribution is -2.30. The topological polar surface area (TPSA) is 90.0 Å². The van der Waals surface area contributed by atoms with E-state index in [2.05, 4.69) is 9.82 Å². The van der Waals surface area contributed by atoms with Crippen LogP contribution in [0.2, 0.25) is 0 Å². The van der Waals surface area contributed by atoms with Crippen molar-refractivity contribution in [3.8, 4) is 16.9 Å². The molecule has 0 saturated carbocycles. The average molecular weight is 328 g/mol. The molecule has 3 rings (SSSR count). The molecule has 0 spiro atoms. The van der Waals surface area contributed by atoms with E-state index >= 15 is 0 Å². The Kier molecular flexibility index (Phi) is 4.24. The number of benzene rings is 2. The Bertz CT molecular complexity index is 833. The predicted molar refractivity (Wildman–Crippen MR) is 88.9 cm³/mol. The molecule has 7 heteroatoms. The molecule has 0 fully saturated rings. The van der Waals surface area contributed by atoms with Crippen LogP contribution in [0.4, 0.5) is 0 Å². The first-order chi connectivity index (χ1) is 11.0. The maximum atomic E-state index is 11.1. The molecule has 0 unspecified atom stereocenters. The van der Waals surface area contributed by atoms with Crippen molar-refractivity contribution < 1.29 is 8.42 Å². The summed E-state index contributed by atoms with van der Waals surface area (Å²) >= 11 is 0. The van der Waals surface area contributed by atoms with Crippen molar-refractivity contribution in [2.75, 3.05) is 0 Å². The van der Waals surface area contributed by atoms with Crippen molar-refractivity contribution in [1.29, 1.82) is 0 Å². The van der Waals surface area contributed by atoms with Crippen LogP contribution < -0.4 is 9.86 Å². The standard InChI is InChI=1S/C16H16N4O2S/c17-23(21,22)18-12-14-11-16(13-7-3-1-4-8-13)20(19-14)15-9-5-2-6-10-15/h1-11,18H,12H2,(H2,17,21,22). The summed E-state index contributed by atoms with van der Waals surface area (Å²) < 4.78 is 26.2. The summed E-state index contributed by atoms with van der Waals surface area (Å²) in [6.45, 7) is 0.0402. The summed E-state index contributed by atoms with van der Waals surface area (Å²) in [6, 6.07) is 21.3. The van der Waals surface area contributed by atoms with Crippen molar-refractivity contribution in [2.24, 2.45) is 5.14 Å². The summed E-state index contributed by atoms with van der Waals surface area (Å²) in [5.74, 6) is 0. The third-order valence-electron chi connectivity index (χ3n) is 3.28. The van der Waals surface area contributed by atoms with Crippen molar-refractivity contribution in [3.05, 3.63) is 72.4 Å². The maximum absolute atomic E-state index is 11.1. The van der Waals surface area contributed by atoms with Gasteiger partial charge in [-0.25, -0.2) is 9.82 Å². The van der Waals surface area contributed by atoms with E-state index < -0.39 is 10.2 Å². The molecule has 6 nitrogen and oxygen atoms in total. The molecule has 1 aromatic heterocycles. The first-order valence-corrected chi connectivity index (χ1v) is 8.55. The zero-order valence-electron chi connectivity index (χ0n) is 12.3. The van der Waals surface area contributed by atoms with Crippen molar-refractivity contribution in [3.63, 3.8) is 0 Å². The van der Waals surface area contributed by atoms with Crippen molar-refractivity contribution in [2.45, 2.75) is 6.54 Å². The molecule has 0 aliphatic carbocycles. The number of hydrogen-bond donors (Lipinski definition) is 2. The molecule has 2 aromatic carbocycles. The third kappa shape index (κ3) is 3.84. The minimum absolute atomic E-state index is 0.0402. The molecule has 0 aliphatic heterocycles. The van der Waals surface area contributed by atoms with E-state index in [1.165, 1.54) is 0 Å². The molecule has 3 N–H and O–H groups in total. The van der Waals surface area contributed by atoms with Crippen LogP contribution in [0.25, 0.3) is 16.9 Å². The lowest BCUT2D eigenvalue weighted by molar-refractivity contribution is 0.582. The molecular formula is C16H16N4O2S. The van der Waals surface area contributed by atoms with Gasteiger partial charge >= 0.3 is 0 Å². The fourth-order valence-corrected chi connectivity index (χ4v) is 2.62. The van der Waals surface area contributed by atoms with E-state index in [9.17, 15) is 8.42 Å². The second-order valence-electron chi connectivity index (χ2n) is 5.00. The maximum Gasteiger partial charge on any atom is 0.274 e. The van der Waals surface area contributed by atoms with Crippen molar-refractivity contribution in [1.82, 2.24) is 14.5 Å². The molecule has 0 amide bonds. The Hall–Kier alpha value is -2.48. The monoisotopic (exact) mass is 328 g/mol. The summed E-state index contributed by atoms with van der Waals surface area (Å²) in [7, 11) is -3.75. The van der Waals surface area contributed by atoms with Gasteiger partial charge in [-0.05, 0) is 18.2 Å². The molecule has 3 aromatic rings.